The van der Waals surface area contributed by atoms with Crippen molar-refractivity contribution >= 4 is 12.0 Å². The predicted molar refractivity (Wildman–Crippen MR) is 66.8 cm³/mol. The third kappa shape index (κ3) is 11.0. The van der Waals surface area contributed by atoms with E-state index in [0.29, 0.717) is 19.6 Å². The number of unbranched alkanes of at least 4 members (excludes halogenated alkanes) is 3. The van der Waals surface area contributed by atoms with Gasteiger partial charge in [0, 0.05) is 20.0 Å². The summed E-state index contributed by atoms with van der Waals surface area (Å²) in [5.41, 5.74) is 0. The molecule has 0 aliphatic rings. The summed E-state index contributed by atoms with van der Waals surface area (Å²) in [6.45, 7) is 3.14. The molecule has 0 rings (SSSR count). The molecule has 17 heavy (non-hydrogen) atoms. The number of amides is 2. The second-order valence-corrected chi connectivity index (χ2v) is 3.90. The molecule has 2 N–H and O–H groups in total. The van der Waals surface area contributed by atoms with E-state index in [0.717, 1.165) is 32.1 Å². The van der Waals surface area contributed by atoms with Crippen LogP contribution in [0.4, 0.5) is 4.79 Å². The minimum absolute atomic E-state index is 0.0666. The van der Waals surface area contributed by atoms with E-state index in [1.807, 2.05) is 6.92 Å². The maximum absolute atomic E-state index is 11.1. The van der Waals surface area contributed by atoms with Crippen LogP contribution in [-0.2, 0) is 9.53 Å². The molecular weight excluding hydrogens is 220 g/mol. The van der Waals surface area contributed by atoms with Gasteiger partial charge in [-0.3, -0.25) is 4.79 Å². The van der Waals surface area contributed by atoms with E-state index in [2.05, 4.69) is 10.6 Å². The summed E-state index contributed by atoms with van der Waals surface area (Å²) in [6, 6.07) is 0. The topological polar surface area (TPSA) is 67.4 Å². The highest BCUT2D eigenvalue weighted by Gasteiger charge is 2.00. The van der Waals surface area contributed by atoms with Gasteiger partial charge in [0.25, 0.3) is 0 Å². The second-order valence-electron chi connectivity index (χ2n) is 3.90. The zero-order chi connectivity index (χ0) is 12.9. The fourth-order valence-electron chi connectivity index (χ4n) is 1.26. The predicted octanol–water partition coefficient (Wildman–Crippen LogP) is 1.82. The Hall–Kier alpha value is -1.26. The van der Waals surface area contributed by atoms with Gasteiger partial charge in [-0.1, -0.05) is 19.8 Å². The van der Waals surface area contributed by atoms with Gasteiger partial charge < -0.3 is 15.4 Å². The molecule has 2 amide bonds. The zero-order valence-electron chi connectivity index (χ0n) is 10.9. The van der Waals surface area contributed by atoms with Crippen LogP contribution >= 0.6 is 0 Å². The summed E-state index contributed by atoms with van der Waals surface area (Å²) in [4.78, 5) is 22.0. The van der Waals surface area contributed by atoms with Crippen LogP contribution in [0.25, 0.3) is 0 Å². The molecule has 0 unspecified atom stereocenters. The molecule has 0 aromatic rings. The van der Waals surface area contributed by atoms with E-state index in [9.17, 15) is 9.59 Å². The lowest BCUT2D eigenvalue weighted by Gasteiger charge is -2.06. The van der Waals surface area contributed by atoms with Gasteiger partial charge in [0.15, 0.2) is 0 Å². The van der Waals surface area contributed by atoms with E-state index in [4.69, 9.17) is 4.74 Å². The monoisotopic (exact) mass is 244 g/mol. The first-order valence-corrected chi connectivity index (χ1v) is 6.32. The summed E-state index contributed by atoms with van der Waals surface area (Å²) >= 11 is 0. The standard InChI is InChI=1S/C12H24N2O3/c1-3-4-10-17-12(16)14-9-7-5-6-8-11(15)13-2/h3-10H2,1-2H3,(H,13,15)(H,14,16). The van der Waals surface area contributed by atoms with Crippen molar-refractivity contribution in [1.82, 2.24) is 10.6 Å². The largest absolute Gasteiger partial charge is 0.450 e. The molecule has 0 heterocycles. The zero-order valence-corrected chi connectivity index (χ0v) is 10.9. The summed E-state index contributed by atoms with van der Waals surface area (Å²) < 4.78 is 4.93. The average Bonchev–Trinajstić information content (AvgIpc) is 2.33. The van der Waals surface area contributed by atoms with Crippen LogP contribution in [-0.4, -0.2) is 32.2 Å². The van der Waals surface area contributed by atoms with Crippen molar-refractivity contribution in [2.45, 2.75) is 45.4 Å². The van der Waals surface area contributed by atoms with Crippen molar-refractivity contribution in [2.75, 3.05) is 20.2 Å². The fraction of sp³-hybridized carbons (Fsp3) is 0.833. The summed E-state index contributed by atoms with van der Waals surface area (Å²) in [7, 11) is 1.64. The number of rotatable bonds is 9. The van der Waals surface area contributed by atoms with Crippen LogP contribution in [0, 0.1) is 0 Å². The molecule has 0 bridgehead atoms. The van der Waals surface area contributed by atoms with E-state index in [1.165, 1.54) is 0 Å². The van der Waals surface area contributed by atoms with Gasteiger partial charge in [0.2, 0.25) is 5.91 Å². The second kappa shape index (κ2) is 11.2. The van der Waals surface area contributed by atoms with Gasteiger partial charge in [-0.25, -0.2) is 4.79 Å². The number of carbonyl (C=O) groups excluding carboxylic acids is 2. The third-order valence-electron chi connectivity index (χ3n) is 2.36. The molecule has 5 nitrogen and oxygen atoms in total. The highest BCUT2D eigenvalue weighted by atomic mass is 16.5. The van der Waals surface area contributed by atoms with Crippen molar-refractivity contribution in [3.63, 3.8) is 0 Å². The van der Waals surface area contributed by atoms with E-state index < -0.39 is 0 Å². The number of ether oxygens (including phenoxy) is 1. The van der Waals surface area contributed by atoms with Crippen molar-refractivity contribution in [3.05, 3.63) is 0 Å². The number of hydrogen-bond donors (Lipinski definition) is 2. The minimum atomic E-state index is -0.343. The molecular formula is C12H24N2O3. The van der Waals surface area contributed by atoms with Crippen molar-refractivity contribution in [3.8, 4) is 0 Å². The highest BCUT2D eigenvalue weighted by molar-refractivity contribution is 5.75. The van der Waals surface area contributed by atoms with Crippen LogP contribution in [0.2, 0.25) is 0 Å². The molecule has 0 aromatic carbocycles. The SMILES string of the molecule is CCCCOC(=O)NCCCCCC(=O)NC. The molecule has 5 heteroatoms. The van der Waals surface area contributed by atoms with Gasteiger partial charge in [0.1, 0.15) is 0 Å². The molecule has 0 atom stereocenters. The van der Waals surface area contributed by atoms with Gasteiger partial charge in [0.05, 0.1) is 6.61 Å². The van der Waals surface area contributed by atoms with Crippen LogP contribution in [0.5, 0.6) is 0 Å². The molecule has 0 fully saturated rings. The average molecular weight is 244 g/mol. The van der Waals surface area contributed by atoms with Gasteiger partial charge in [-0.15, -0.1) is 0 Å². The Morgan fingerprint density at radius 2 is 1.88 bits per heavy atom. The third-order valence-corrected chi connectivity index (χ3v) is 2.36. The Morgan fingerprint density at radius 1 is 1.12 bits per heavy atom. The summed E-state index contributed by atoms with van der Waals surface area (Å²) in [6.07, 6.45) is 4.79. The van der Waals surface area contributed by atoms with E-state index in [1.54, 1.807) is 7.05 Å². The van der Waals surface area contributed by atoms with Crippen LogP contribution in [0.15, 0.2) is 0 Å². The van der Waals surface area contributed by atoms with Crippen LogP contribution in [0.3, 0.4) is 0 Å². The van der Waals surface area contributed by atoms with Gasteiger partial charge in [-0.05, 0) is 19.3 Å². The maximum Gasteiger partial charge on any atom is 0.407 e. The summed E-state index contributed by atoms with van der Waals surface area (Å²) in [5.74, 6) is 0.0666. The summed E-state index contributed by atoms with van der Waals surface area (Å²) in [5, 5.41) is 5.26. The first kappa shape index (κ1) is 15.7. The molecule has 0 aromatic heterocycles. The fourth-order valence-corrected chi connectivity index (χ4v) is 1.26. The Bertz CT molecular complexity index is 220. The van der Waals surface area contributed by atoms with Crippen LogP contribution < -0.4 is 10.6 Å². The van der Waals surface area contributed by atoms with Crippen molar-refractivity contribution < 1.29 is 14.3 Å². The molecule has 0 aliphatic carbocycles. The Kier molecular flexibility index (Phi) is 10.4. The van der Waals surface area contributed by atoms with E-state index >= 15 is 0 Å². The minimum Gasteiger partial charge on any atom is -0.450 e. The number of carbonyl (C=O) groups is 2. The van der Waals surface area contributed by atoms with Crippen molar-refractivity contribution in [2.24, 2.45) is 0 Å². The van der Waals surface area contributed by atoms with Gasteiger partial charge in [-0.2, -0.15) is 0 Å². The number of nitrogens with one attached hydrogen (secondary N) is 2. The Labute approximate surface area is 103 Å². The first-order valence-electron chi connectivity index (χ1n) is 6.32. The number of alkyl carbamates (subject to hydrolysis) is 1. The lowest BCUT2D eigenvalue weighted by molar-refractivity contribution is -0.120. The lowest BCUT2D eigenvalue weighted by Crippen LogP contribution is -2.25. The number of hydrogen-bond acceptors (Lipinski definition) is 3. The normalized spacial score (nSPS) is 9.76. The maximum atomic E-state index is 11.1. The Morgan fingerprint density at radius 3 is 2.53 bits per heavy atom. The highest BCUT2D eigenvalue weighted by Crippen LogP contribution is 1.98. The first-order chi connectivity index (χ1) is 8.20. The quantitative estimate of drug-likeness (QED) is 0.608. The molecule has 100 valence electrons. The van der Waals surface area contributed by atoms with Crippen molar-refractivity contribution in [1.29, 1.82) is 0 Å². The molecule has 0 spiro atoms. The molecule has 0 aliphatic heterocycles. The Balaban J connectivity index is 3.22. The smallest absolute Gasteiger partial charge is 0.407 e. The lowest BCUT2D eigenvalue weighted by atomic mass is 10.2. The molecule has 0 radical (unpaired) electrons. The van der Waals surface area contributed by atoms with Gasteiger partial charge >= 0.3 is 6.09 Å². The molecule has 0 saturated heterocycles. The van der Waals surface area contributed by atoms with E-state index in [-0.39, 0.29) is 12.0 Å². The van der Waals surface area contributed by atoms with Crippen LogP contribution in [0.1, 0.15) is 45.4 Å². The molecule has 0 saturated carbocycles.